The summed E-state index contributed by atoms with van der Waals surface area (Å²) in [6.45, 7) is 5.04. The number of halogens is 5. The van der Waals surface area contributed by atoms with E-state index < -0.39 is 35.3 Å². The van der Waals surface area contributed by atoms with Crippen LogP contribution in [-0.4, -0.2) is 41.7 Å². The van der Waals surface area contributed by atoms with Gasteiger partial charge in [0.1, 0.15) is 6.04 Å². The van der Waals surface area contributed by atoms with Crippen LogP contribution in [0.5, 0.6) is 0 Å². The molecule has 1 saturated heterocycles. The van der Waals surface area contributed by atoms with Gasteiger partial charge in [0.05, 0.1) is 11.3 Å². The van der Waals surface area contributed by atoms with Gasteiger partial charge in [-0.15, -0.1) is 0 Å². The van der Waals surface area contributed by atoms with Gasteiger partial charge in [0.2, 0.25) is 0 Å². The highest BCUT2D eigenvalue weighted by atomic mass is 19.4. The third-order valence-corrected chi connectivity index (χ3v) is 5.35. The van der Waals surface area contributed by atoms with Gasteiger partial charge in [0.15, 0.2) is 11.6 Å². The fraction of sp³-hybridized carbons (Fsp3) is 0.429. The van der Waals surface area contributed by atoms with E-state index in [1.165, 1.54) is 12.3 Å². The van der Waals surface area contributed by atoms with Crippen LogP contribution in [0.3, 0.4) is 0 Å². The molecule has 0 bridgehead atoms. The quantitative estimate of drug-likeness (QED) is 0.704. The van der Waals surface area contributed by atoms with E-state index in [4.69, 9.17) is 5.73 Å². The number of alkyl halides is 3. The molecule has 1 amide bonds. The van der Waals surface area contributed by atoms with Crippen molar-refractivity contribution in [3.63, 3.8) is 0 Å². The Morgan fingerprint density at radius 2 is 1.97 bits per heavy atom. The first kappa shape index (κ1) is 22.9. The third kappa shape index (κ3) is 4.79. The van der Waals surface area contributed by atoms with E-state index in [2.05, 4.69) is 4.98 Å². The molecule has 0 spiro atoms. The summed E-state index contributed by atoms with van der Waals surface area (Å²) in [6, 6.07) is 1.17. The van der Waals surface area contributed by atoms with Gasteiger partial charge >= 0.3 is 6.18 Å². The fourth-order valence-electron chi connectivity index (χ4n) is 3.62. The van der Waals surface area contributed by atoms with Crippen molar-refractivity contribution < 1.29 is 26.7 Å². The molecular formula is C21H23F5N4O. The predicted octanol–water partition coefficient (Wildman–Crippen LogP) is 3.94. The number of aromatic nitrogens is 1. The maximum Gasteiger partial charge on any atom is 0.408 e. The van der Waals surface area contributed by atoms with Crippen LogP contribution in [-0.2, 0) is 0 Å². The Balaban J connectivity index is 2.17. The second kappa shape index (κ2) is 8.07. The van der Waals surface area contributed by atoms with Gasteiger partial charge in [0.25, 0.3) is 5.91 Å². The molecule has 1 aliphatic rings. The van der Waals surface area contributed by atoms with Crippen LogP contribution in [0.4, 0.5) is 27.6 Å². The number of pyridine rings is 1. The van der Waals surface area contributed by atoms with E-state index >= 15 is 0 Å². The van der Waals surface area contributed by atoms with Gasteiger partial charge in [-0.1, -0.05) is 6.07 Å². The molecule has 0 unspecified atom stereocenters. The van der Waals surface area contributed by atoms with Crippen molar-refractivity contribution >= 4 is 11.6 Å². The number of amides is 1. The minimum absolute atomic E-state index is 0.0980. The van der Waals surface area contributed by atoms with Gasteiger partial charge in [-0.3, -0.25) is 9.78 Å². The average Bonchev–Trinajstić information content (AvgIpc) is 3.02. The molecule has 1 aromatic carbocycles. The van der Waals surface area contributed by atoms with Gasteiger partial charge in [0, 0.05) is 36.1 Å². The second-order valence-corrected chi connectivity index (χ2v) is 8.17. The van der Waals surface area contributed by atoms with Crippen molar-refractivity contribution in [1.29, 1.82) is 0 Å². The number of anilines is 1. The molecule has 2 aromatic rings. The number of benzene rings is 1. The van der Waals surface area contributed by atoms with E-state index in [0.29, 0.717) is 36.5 Å². The zero-order valence-corrected chi connectivity index (χ0v) is 17.3. The van der Waals surface area contributed by atoms with E-state index in [-0.39, 0.29) is 11.1 Å². The fourth-order valence-corrected chi connectivity index (χ4v) is 3.62. The predicted molar refractivity (Wildman–Crippen MR) is 107 cm³/mol. The number of nitrogens with two attached hydrogens (primary N) is 1. The van der Waals surface area contributed by atoms with Crippen LogP contribution < -0.4 is 16.0 Å². The van der Waals surface area contributed by atoms with E-state index in [9.17, 15) is 26.7 Å². The lowest BCUT2D eigenvalue weighted by Crippen LogP contribution is -2.44. The lowest BCUT2D eigenvalue weighted by Gasteiger charge is -2.28. The van der Waals surface area contributed by atoms with Crippen molar-refractivity contribution in [1.82, 2.24) is 10.3 Å². The molecule has 0 saturated carbocycles. The summed E-state index contributed by atoms with van der Waals surface area (Å²) < 4.78 is 66.4. The summed E-state index contributed by atoms with van der Waals surface area (Å²) in [4.78, 5) is 18.7. The third-order valence-electron chi connectivity index (χ3n) is 5.35. The minimum Gasteiger partial charge on any atom is -0.368 e. The first-order valence-electron chi connectivity index (χ1n) is 9.66. The lowest BCUT2D eigenvalue weighted by molar-refractivity contribution is -0.149. The molecule has 31 heavy (non-hydrogen) atoms. The molecular weight excluding hydrogens is 419 g/mol. The van der Waals surface area contributed by atoms with Crippen molar-refractivity contribution in [2.24, 2.45) is 5.73 Å². The molecule has 1 aromatic heterocycles. The van der Waals surface area contributed by atoms with Crippen molar-refractivity contribution in [3.8, 4) is 11.1 Å². The van der Waals surface area contributed by atoms with E-state index in [1.54, 1.807) is 11.8 Å². The van der Waals surface area contributed by atoms with Crippen molar-refractivity contribution in [2.45, 2.75) is 44.9 Å². The number of carbonyl (C=O) groups excluding carboxylic acids is 1. The maximum atomic E-state index is 14.0. The number of hydrogen-bond donors (Lipinski definition) is 2. The van der Waals surface area contributed by atoms with Gasteiger partial charge in [-0.2, -0.15) is 13.2 Å². The Hall–Kier alpha value is -2.75. The molecule has 3 N–H and O–H groups in total. The summed E-state index contributed by atoms with van der Waals surface area (Å²) in [5.74, 6) is -3.10. The first-order valence-corrected chi connectivity index (χ1v) is 9.66. The van der Waals surface area contributed by atoms with Crippen LogP contribution in [0.15, 0.2) is 24.4 Å². The minimum atomic E-state index is -4.62. The standard InChI is InChI=1S/C21H23F5N4O/c1-11-17(13-4-5-15(22)16(23)8-13)18(30-7-6-20(3,27)10-30)14(9-28-11)19(31)29-12(2)21(24,25)26/h4-5,8-9,12H,6-7,10,27H2,1-3H3,(H,29,31)/t12-,20-/m0/s1. The van der Waals surface area contributed by atoms with Crippen LogP contribution in [0.25, 0.3) is 11.1 Å². The lowest BCUT2D eigenvalue weighted by atomic mass is 9.97. The summed E-state index contributed by atoms with van der Waals surface area (Å²) in [5, 5.41) is 1.94. The van der Waals surface area contributed by atoms with Gasteiger partial charge in [-0.25, -0.2) is 8.78 Å². The smallest absolute Gasteiger partial charge is 0.368 e. The molecule has 3 rings (SSSR count). The molecule has 168 valence electrons. The molecule has 0 radical (unpaired) electrons. The van der Waals surface area contributed by atoms with E-state index in [0.717, 1.165) is 19.1 Å². The monoisotopic (exact) mass is 442 g/mol. The van der Waals surface area contributed by atoms with Gasteiger partial charge < -0.3 is 16.0 Å². The highest BCUT2D eigenvalue weighted by Gasteiger charge is 2.39. The summed E-state index contributed by atoms with van der Waals surface area (Å²) >= 11 is 0. The SMILES string of the molecule is Cc1ncc(C(=O)N[C@@H](C)C(F)(F)F)c(N2CC[C@](C)(N)C2)c1-c1ccc(F)c(F)c1. The number of nitrogens with one attached hydrogen (secondary N) is 1. The molecule has 1 fully saturated rings. The normalized spacial score (nSPS) is 20.1. The molecule has 0 aliphatic carbocycles. The van der Waals surface area contributed by atoms with Gasteiger partial charge in [-0.05, 0) is 44.9 Å². The second-order valence-electron chi connectivity index (χ2n) is 8.17. The molecule has 1 aliphatic heterocycles. The largest absolute Gasteiger partial charge is 0.408 e. The summed E-state index contributed by atoms with van der Waals surface area (Å²) in [7, 11) is 0. The van der Waals surface area contributed by atoms with Crippen molar-refractivity contribution in [3.05, 3.63) is 47.3 Å². The number of nitrogens with zero attached hydrogens (tertiary/aromatic N) is 2. The highest BCUT2D eigenvalue weighted by molar-refractivity contribution is 6.03. The van der Waals surface area contributed by atoms with Crippen molar-refractivity contribution in [2.75, 3.05) is 18.0 Å². The van der Waals surface area contributed by atoms with Crippen LogP contribution in [0.1, 0.15) is 36.3 Å². The Kier molecular flexibility index (Phi) is 5.96. The Morgan fingerprint density at radius 3 is 2.52 bits per heavy atom. The number of hydrogen-bond acceptors (Lipinski definition) is 4. The molecule has 2 atom stereocenters. The van der Waals surface area contributed by atoms with Crippen LogP contribution in [0, 0.1) is 18.6 Å². The maximum absolute atomic E-state index is 14.0. The Bertz CT molecular complexity index is 1010. The highest BCUT2D eigenvalue weighted by Crippen LogP contribution is 2.39. The van der Waals surface area contributed by atoms with Crippen LogP contribution >= 0.6 is 0 Å². The van der Waals surface area contributed by atoms with E-state index in [1.807, 2.05) is 12.2 Å². The molecule has 2 heterocycles. The number of carbonyl (C=O) groups is 1. The molecule has 10 heteroatoms. The number of aryl methyl sites for hydroxylation is 1. The first-order chi connectivity index (χ1) is 14.3. The summed E-state index contributed by atoms with van der Waals surface area (Å²) in [6.07, 6.45) is -2.86. The number of rotatable bonds is 4. The van der Waals surface area contributed by atoms with Crippen LogP contribution in [0.2, 0.25) is 0 Å². The molecule has 5 nitrogen and oxygen atoms in total. The Morgan fingerprint density at radius 1 is 1.29 bits per heavy atom. The zero-order chi connectivity index (χ0) is 23.1. The zero-order valence-electron chi connectivity index (χ0n) is 17.3. The topological polar surface area (TPSA) is 71.2 Å². The summed E-state index contributed by atoms with van der Waals surface area (Å²) in [5.41, 5.74) is 6.83. The average molecular weight is 442 g/mol. The Labute approximate surface area is 176 Å².